The maximum absolute atomic E-state index is 4.36. The van der Waals surface area contributed by atoms with Crippen LogP contribution >= 0.6 is 0 Å². The average molecular weight is 190 g/mol. The zero-order valence-electron chi connectivity index (χ0n) is 8.74. The molecule has 0 amide bonds. The van der Waals surface area contributed by atoms with Gasteiger partial charge in [0.1, 0.15) is 0 Å². The second kappa shape index (κ2) is 4.56. The maximum Gasteiger partial charge on any atom is 0.0419 e. The van der Waals surface area contributed by atoms with Crippen LogP contribution in [-0.4, -0.2) is 17.6 Å². The molecule has 14 heavy (non-hydrogen) atoms. The average Bonchev–Trinajstić information content (AvgIpc) is 2.19. The monoisotopic (exact) mass is 190 g/mol. The standard InChI is InChI=1S/C12H18N2/c1-10-5-7-14-12(8-10)9-11-4-2-3-6-13-11/h2-4,6,10,12,14H,5,7-9H2,1H3. The van der Waals surface area contributed by atoms with Crippen LogP contribution in [0.25, 0.3) is 0 Å². The van der Waals surface area contributed by atoms with E-state index in [9.17, 15) is 0 Å². The molecule has 0 radical (unpaired) electrons. The lowest BCUT2D eigenvalue weighted by Gasteiger charge is -2.27. The molecule has 0 bridgehead atoms. The Balaban J connectivity index is 1.91. The molecule has 1 aliphatic heterocycles. The van der Waals surface area contributed by atoms with Crippen molar-refractivity contribution >= 4 is 0 Å². The molecule has 2 unspecified atom stereocenters. The van der Waals surface area contributed by atoms with E-state index in [-0.39, 0.29) is 0 Å². The maximum atomic E-state index is 4.36. The molecule has 1 N–H and O–H groups in total. The number of pyridine rings is 1. The van der Waals surface area contributed by atoms with Crippen LogP contribution < -0.4 is 5.32 Å². The molecular formula is C12H18N2. The highest BCUT2D eigenvalue weighted by molar-refractivity contribution is 5.05. The topological polar surface area (TPSA) is 24.9 Å². The van der Waals surface area contributed by atoms with E-state index < -0.39 is 0 Å². The first-order valence-electron chi connectivity index (χ1n) is 5.48. The molecule has 0 saturated carbocycles. The molecule has 1 fully saturated rings. The number of piperidine rings is 1. The molecule has 1 saturated heterocycles. The summed E-state index contributed by atoms with van der Waals surface area (Å²) in [6, 6.07) is 6.78. The zero-order chi connectivity index (χ0) is 9.80. The molecule has 76 valence electrons. The minimum Gasteiger partial charge on any atom is -0.314 e. The molecule has 1 aromatic rings. The predicted octanol–water partition coefficient (Wildman–Crippen LogP) is 2.01. The summed E-state index contributed by atoms with van der Waals surface area (Å²) in [5, 5.41) is 3.56. The van der Waals surface area contributed by atoms with Crippen molar-refractivity contribution in [1.29, 1.82) is 0 Å². The van der Waals surface area contributed by atoms with Gasteiger partial charge in [0.15, 0.2) is 0 Å². The summed E-state index contributed by atoms with van der Waals surface area (Å²) in [7, 11) is 0. The van der Waals surface area contributed by atoms with E-state index in [2.05, 4.69) is 29.4 Å². The highest BCUT2D eigenvalue weighted by atomic mass is 14.9. The van der Waals surface area contributed by atoms with Gasteiger partial charge in [0.2, 0.25) is 0 Å². The fourth-order valence-corrected chi connectivity index (χ4v) is 2.15. The Hall–Kier alpha value is -0.890. The third-order valence-electron chi connectivity index (χ3n) is 2.94. The van der Waals surface area contributed by atoms with Crippen molar-refractivity contribution in [2.24, 2.45) is 5.92 Å². The summed E-state index contributed by atoms with van der Waals surface area (Å²) >= 11 is 0. The molecule has 1 aromatic heterocycles. The lowest BCUT2D eigenvalue weighted by Crippen LogP contribution is -2.38. The van der Waals surface area contributed by atoms with Gasteiger partial charge >= 0.3 is 0 Å². The molecule has 0 aromatic carbocycles. The van der Waals surface area contributed by atoms with Crippen molar-refractivity contribution < 1.29 is 0 Å². The number of nitrogens with one attached hydrogen (secondary N) is 1. The van der Waals surface area contributed by atoms with Crippen molar-refractivity contribution in [2.45, 2.75) is 32.2 Å². The molecule has 2 nitrogen and oxygen atoms in total. The van der Waals surface area contributed by atoms with E-state index >= 15 is 0 Å². The number of nitrogens with zero attached hydrogens (tertiary/aromatic N) is 1. The van der Waals surface area contributed by atoms with Gasteiger partial charge in [-0.25, -0.2) is 0 Å². The number of aromatic nitrogens is 1. The highest BCUT2D eigenvalue weighted by Crippen LogP contribution is 2.17. The lowest BCUT2D eigenvalue weighted by atomic mass is 9.92. The van der Waals surface area contributed by atoms with Gasteiger partial charge in [-0.3, -0.25) is 4.98 Å². The van der Waals surface area contributed by atoms with Crippen LogP contribution in [-0.2, 0) is 6.42 Å². The zero-order valence-corrected chi connectivity index (χ0v) is 8.74. The van der Waals surface area contributed by atoms with Gasteiger partial charge in [-0.1, -0.05) is 13.0 Å². The van der Waals surface area contributed by atoms with E-state index in [0.717, 1.165) is 12.3 Å². The van der Waals surface area contributed by atoms with Crippen molar-refractivity contribution in [1.82, 2.24) is 10.3 Å². The summed E-state index contributed by atoms with van der Waals surface area (Å²) in [6.45, 7) is 3.50. The fourth-order valence-electron chi connectivity index (χ4n) is 2.15. The third-order valence-corrected chi connectivity index (χ3v) is 2.94. The first kappa shape index (κ1) is 9.66. The molecular weight excluding hydrogens is 172 g/mol. The first-order chi connectivity index (χ1) is 6.84. The Morgan fingerprint density at radius 1 is 1.50 bits per heavy atom. The van der Waals surface area contributed by atoms with Crippen molar-refractivity contribution in [2.75, 3.05) is 6.54 Å². The molecule has 2 rings (SSSR count). The summed E-state index contributed by atoms with van der Waals surface area (Å²) in [5.74, 6) is 0.866. The van der Waals surface area contributed by atoms with E-state index in [1.165, 1.54) is 25.1 Å². The van der Waals surface area contributed by atoms with E-state index in [1.807, 2.05) is 12.3 Å². The lowest BCUT2D eigenvalue weighted by molar-refractivity contribution is 0.317. The predicted molar refractivity (Wildman–Crippen MR) is 58.1 cm³/mol. The van der Waals surface area contributed by atoms with Gasteiger partial charge < -0.3 is 5.32 Å². The molecule has 2 heterocycles. The largest absolute Gasteiger partial charge is 0.314 e. The third kappa shape index (κ3) is 2.55. The van der Waals surface area contributed by atoms with Crippen LogP contribution in [0.1, 0.15) is 25.5 Å². The van der Waals surface area contributed by atoms with Gasteiger partial charge in [0.25, 0.3) is 0 Å². The summed E-state index contributed by atoms with van der Waals surface area (Å²) in [4.78, 5) is 4.36. The first-order valence-corrected chi connectivity index (χ1v) is 5.48. The van der Waals surface area contributed by atoms with Gasteiger partial charge in [0, 0.05) is 24.4 Å². The van der Waals surface area contributed by atoms with E-state index in [0.29, 0.717) is 6.04 Å². The van der Waals surface area contributed by atoms with Crippen LogP contribution in [0.2, 0.25) is 0 Å². The number of hydrogen-bond acceptors (Lipinski definition) is 2. The Morgan fingerprint density at radius 3 is 3.14 bits per heavy atom. The van der Waals surface area contributed by atoms with Crippen LogP contribution in [0.4, 0.5) is 0 Å². The Labute approximate surface area is 85.7 Å². The van der Waals surface area contributed by atoms with Crippen LogP contribution in [0.5, 0.6) is 0 Å². The smallest absolute Gasteiger partial charge is 0.0419 e. The summed E-state index contributed by atoms with van der Waals surface area (Å²) < 4.78 is 0. The Bertz CT molecular complexity index is 271. The molecule has 0 spiro atoms. The van der Waals surface area contributed by atoms with E-state index in [1.54, 1.807) is 0 Å². The number of rotatable bonds is 2. The molecule has 2 atom stereocenters. The van der Waals surface area contributed by atoms with Gasteiger partial charge in [-0.05, 0) is 37.4 Å². The van der Waals surface area contributed by atoms with Crippen LogP contribution in [0.3, 0.4) is 0 Å². The normalized spacial score (nSPS) is 27.5. The van der Waals surface area contributed by atoms with Crippen molar-refractivity contribution in [3.8, 4) is 0 Å². The van der Waals surface area contributed by atoms with Crippen molar-refractivity contribution in [3.05, 3.63) is 30.1 Å². The van der Waals surface area contributed by atoms with E-state index in [4.69, 9.17) is 0 Å². The van der Waals surface area contributed by atoms with Gasteiger partial charge in [-0.15, -0.1) is 0 Å². The minimum absolute atomic E-state index is 0.633. The SMILES string of the molecule is CC1CCNC(Cc2ccccn2)C1. The minimum atomic E-state index is 0.633. The Kier molecular flexibility index (Phi) is 3.14. The Morgan fingerprint density at radius 2 is 2.43 bits per heavy atom. The quantitative estimate of drug-likeness (QED) is 0.771. The van der Waals surface area contributed by atoms with Gasteiger partial charge in [0.05, 0.1) is 0 Å². The van der Waals surface area contributed by atoms with Gasteiger partial charge in [-0.2, -0.15) is 0 Å². The number of hydrogen-bond donors (Lipinski definition) is 1. The highest BCUT2D eigenvalue weighted by Gasteiger charge is 2.18. The summed E-state index contributed by atoms with van der Waals surface area (Å²) in [5.41, 5.74) is 1.21. The van der Waals surface area contributed by atoms with Crippen LogP contribution in [0.15, 0.2) is 24.4 Å². The second-order valence-electron chi connectivity index (χ2n) is 4.31. The summed E-state index contributed by atoms with van der Waals surface area (Å²) in [6.07, 6.45) is 5.56. The fraction of sp³-hybridized carbons (Fsp3) is 0.583. The van der Waals surface area contributed by atoms with Crippen molar-refractivity contribution in [3.63, 3.8) is 0 Å². The molecule has 2 heteroatoms. The molecule has 1 aliphatic rings. The van der Waals surface area contributed by atoms with Crippen LogP contribution in [0, 0.1) is 5.92 Å². The second-order valence-corrected chi connectivity index (χ2v) is 4.31. The molecule has 0 aliphatic carbocycles.